The highest BCUT2D eigenvalue weighted by molar-refractivity contribution is 6.13. The van der Waals surface area contributed by atoms with Gasteiger partial charge in [-0.15, -0.1) is 0 Å². The van der Waals surface area contributed by atoms with Crippen LogP contribution in [0.25, 0.3) is 0 Å². The molecule has 0 saturated carbocycles. The number of rotatable bonds is 4. The standard InChI is InChI=1S/C10H11NO4/c1-2-3-7(12)8(13)6-11-9(14)4-5-10(11)15/h2-5,8,13H,6H2,1H3. The van der Waals surface area contributed by atoms with Gasteiger partial charge >= 0.3 is 0 Å². The van der Waals surface area contributed by atoms with Crippen molar-refractivity contribution in [1.29, 1.82) is 0 Å². The molecule has 5 heteroatoms. The van der Waals surface area contributed by atoms with Crippen LogP contribution in [0.2, 0.25) is 0 Å². The third-order valence-electron chi connectivity index (χ3n) is 1.92. The third-order valence-corrected chi connectivity index (χ3v) is 1.92. The lowest BCUT2D eigenvalue weighted by molar-refractivity contribution is -0.139. The summed E-state index contributed by atoms with van der Waals surface area (Å²) in [7, 11) is 0. The molecule has 1 heterocycles. The van der Waals surface area contributed by atoms with Crippen LogP contribution >= 0.6 is 0 Å². The first kappa shape index (κ1) is 11.3. The van der Waals surface area contributed by atoms with Crippen molar-refractivity contribution in [1.82, 2.24) is 4.90 Å². The number of β-amino-alcohol motifs (C(OH)–C–C–N with tert-alkyl or cyclic N) is 1. The van der Waals surface area contributed by atoms with E-state index in [1.807, 2.05) is 0 Å². The van der Waals surface area contributed by atoms with Crippen LogP contribution in [0.5, 0.6) is 0 Å². The van der Waals surface area contributed by atoms with Crippen LogP contribution in [-0.2, 0) is 14.4 Å². The predicted octanol–water partition coefficient (Wildman–Crippen LogP) is -0.583. The first-order valence-corrected chi connectivity index (χ1v) is 4.44. The fourth-order valence-electron chi connectivity index (χ4n) is 1.15. The van der Waals surface area contributed by atoms with E-state index in [0.29, 0.717) is 0 Å². The van der Waals surface area contributed by atoms with E-state index in [1.165, 1.54) is 12.2 Å². The molecule has 0 aliphatic carbocycles. The number of aliphatic hydroxyl groups is 1. The minimum Gasteiger partial charge on any atom is -0.383 e. The van der Waals surface area contributed by atoms with Crippen LogP contribution in [0, 0.1) is 0 Å². The molecule has 5 nitrogen and oxygen atoms in total. The van der Waals surface area contributed by atoms with Crippen LogP contribution in [0.4, 0.5) is 0 Å². The Hall–Kier alpha value is -1.75. The first-order chi connectivity index (χ1) is 7.06. The topological polar surface area (TPSA) is 74.7 Å². The SMILES string of the molecule is CC=CC(=O)C(O)CN1C(=O)C=CC1=O. The van der Waals surface area contributed by atoms with Gasteiger partial charge in [-0.3, -0.25) is 19.3 Å². The lowest BCUT2D eigenvalue weighted by Gasteiger charge is -2.16. The molecule has 0 bridgehead atoms. The van der Waals surface area contributed by atoms with Crippen LogP contribution in [0.3, 0.4) is 0 Å². The Morgan fingerprint density at radius 3 is 2.47 bits per heavy atom. The van der Waals surface area contributed by atoms with Crippen molar-refractivity contribution in [3.63, 3.8) is 0 Å². The fourth-order valence-corrected chi connectivity index (χ4v) is 1.15. The van der Waals surface area contributed by atoms with E-state index in [4.69, 9.17) is 0 Å². The Morgan fingerprint density at radius 2 is 2.00 bits per heavy atom. The van der Waals surface area contributed by atoms with Gasteiger partial charge in [0.2, 0.25) is 0 Å². The quantitative estimate of drug-likeness (QED) is 0.496. The van der Waals surface area contributed by atoms with Crippen molar-refractivity contribution in [2.45, 2.75) is 13.0 Å². The highest BCUT2D eigenvalue weighted by Crippen LogP contribution is 2.05. The van der Waals surface area contributed by atoms with E-state index in [1.54, 1.807) is 6.92 Å². The molecule has 1 N–H and O–H groups in total. The van der Waals surface area contributed by atoms with E-state index in [9.17, 15) is 19.5 Å². The number of ketones is 1. The summed E-state index contributed by atoms with van der Waals surface area (Å²) in [5, 5.41) is 9.37. The molecule has 80 valence electrons. The van der Waals surface area contributed by atoms with Gasteiger partial charge in [0.05, 0.1) is 6.54 Å². The highest BCUT2D eigenvalue weighted by Gasteiger charge is 2.27. The molecular formula is C10H11NO4. The largest absolute Gasteiger partial charge is 0.383 e. The van der Waals surface area contributed by atoms with Crippen LogP contribution in [0.1, 0.15) is 6.92 Å². The Bertz CT molecular complexity index is 338. The van der Waals surface area contributed by atoms with E-state index < -0.39 is 23.7 Å². The zero-order valence-corrected chi connectivity index (χ0v) is 8.21. The van der Waals surface area contributed by atoms with Crippen molar-refractivity contribution in [2.24, 2.45) is 0 Å². The summed E-state index contributed by atoms with van der Waals surface area (Å²) in [6.07, 6.45) is 3.54. The van der Waals surface area contributed by atoms with Crippen molar-refractivity contribution in [2.75, 3.05) is 6.54 Å². The monoisotopic (exact) mass is 209 g/mol. The number of hydrogen-bond acceptors (Lipinski definition) is 4. The molecule has 0 aromatic carbocycles. The molecule has 1 rings (SSSR count). The van der Waals surface area contributed by atoms with Gasteiger partial charge in [0, 0.05) is 12.2 Å². The molecule has 15 heavy (non-hydrogen) atoms. The summed E-state index contributed by atoms with van der Waals surface area (Å²) in [5.41, 5.74) is 0. The number of nitrogens with zero attached hydrogens (tertiary/aromatic N) is 1. The molecule has 2 amide bonds. The molecule has 0 aromatic rings. The average Bonchev–Trinajstić information content (AvgIpc) is 2.49. The molecule has 0 saturated heterocycles. The fraction of sp³-hybridized carbons (Fsp3) is 0.300. The van der Waals surface area contributed by atoms with Gasteiger partial charge in [0.15, 0.2) is 5.78 Å². The van der Waals surface area contributed by atoms with Gasteiger partial charge in [-0.25, -0.2) is 0 Å². The second kappa shape index (κ2) is 4.65. The van der Waals surface area contributed by atoms with E-state index in [0.717, 1.165) is 17.1 Å². The van der Waals surface area contributed by atoms with Crippen LogP contribution in [-0.4, -0.2) is 40.3 Å². The maximum atomic E-state index is 11.1. The molecule has 0 radical (unpaired) electrons. The Balaban J connectivity index is 2.59. The van der Waals surface area contributed by atoms with Crippen molar-refractivity contribution in [3.8, 4) is 0 Å². The van der Waals surface area contributed by atoms with Gasteiger partial charge in [-0.2, -0.15) is 0 Å². The molecule has 1 aliphatic heterocycles. The molecule has 0 spiro atoms. The first-order valence-electron chi connectivity index (χ1n) is 4.44. The Labute approximate surface area is 86.7 Å². The molecular weight excluding hydrogens is 198 g/mol. The zero-order valence-electron chi connectivity index (χ0n) is 8.21. The van der Waals surface area contributed by atoms with Crippen molar-refractivity contribution >= 4 is 17.6 Å². The summed E-state index contributed by atoms with van der Waals surface area (Å²) in [6, 6.07) is 0. The number of amides is 2. The normalized spacial score (nSPS) is 17.9. The average molecular weight is 209 g/mol. The summed E-state index contributed by atoms with van der Waals surface area (Å²) in [6.45, 7) is 1.34. The van der Waals surface area contributed by atoms with E-state index in [-0.39, 0.29) is 6.54 Å². The molecule has 1 atom stereocenters. The molecule has 1 aliphatic rings. The highest BCUT2D eigenvalue weighted by atomic mass is 16.3. The van der Waals surface area contributed by atoms with Crippen LogP contribution < -0.4 is 0 Å². The number of hydrogen-bond donors (Lipinski definition) is 1. The maximum absolute atomic E-state index is 11.1. The van der Waals surface area contributed by atoms with Gasteiger partial charge < -0.3 is 5.11 Å². The summed E-state index contributed by atoms with van der Waals surface area (Å²) in [5.74, 6) is -1.54. The smallest absolute Gasteiger partial charge is 0.253 e. The number of carbonyl (C=O) groups is 3. The summed E-state index contributed by atoms with van der Waals surface area (Å²) < 4.78 is 0. The van der Waals surface area contributed by atoms with Gasteiger partial charge in [-0.1, -0.05) is 6.08 Å². The lowest BCUT2D eigenvalue weighted by Crippen LogP contribution is -2.39. The van der Waals surface area contributed by atoms with E-state index >= 15 is 0 Å². The lowest BCUT2D eigenvalue weighted by atomic mass is 10.2. The van der Waals surface area contributed by atoms with Crippen LogP contribution in [0.15, 0.2) is 24.3 Å². The Kier molecular flexibility index (Phi) is 3.51. The zero-order chi connectivity index (χ0) is 11.4. The summed E-state index contributed by atoms with van der Waals surface area (Å²) in [4.78, 5) is 34.1. The molecule has 0 fully saturated rings. The molecule has 0 aromatic heterocycles. The van der Waals surface area contributed by atoms with Gasteiger partial charge in [0.1, 0.15) is 6.10 Å². The van der Waals surface area contributed by atoms with Gasteiger partial charge in [0.25, 0.3) is 11.8 Å². The minimum absolute atomic E-state index is 0.298. The Morgan fingerprint density at radius 1 is 1.47 bits per heavy atom. The number of carbonyl (C=O) groups excluding carboxylic acids is 3. The maximum Gasteiger partial charge on any atom is 0.253 e. The second-order valence-corrected chi connectivity index (χ2v) is 3.04. The number of aliphatic hydroxyl groups excluding tert-OH is 1. The summed E-state index contributed by atoms with van der Waals surface area (Å²) >= 11 is 0. The molecule has 1 unspecified atom stereocenters. The minimum atomic E-state index is -1.35. The third kappa shape index (κ3) is 2.60. The van der Waals surface area contributed by atoms with Crippen molar-refractivity contribution < 1.29 is 19.5 Å². The number of imide groups is 1. The number of allylic oxidation sites excluding steroid dienone is 1. The predicted molar refractivity (Wildman–Crippen MR) is 51.7 cm³/mol. The van der Waals surface area contributed by atoms with Crippen molar-refractivity contribution in [3.05, 3.63) is 24.3 Å². The second-order valence-electron chi connectivity index (χ2n) is 3.04. The van der Waals surface area contributed by atoms with Gasteiger partial charge in [-0.05, 0) is 13.0 Å². The van der Waals surface area contributed by atoms with E-state index in [2.05, 4.69) is 0 Å².